The molecule has 0 saturated carbocycles. The van der Waals surface area contributed by atoms with Crippen LogP contribution in [0.25, 0.3) is 0 Å². The van der Waals surface area contributed by atoms with Gasteiger partial charge in [0.15, 0.2) is 4.34 Å². The largest absolute Gasteiger partial charge is 0.467 e. The Morgan fingerprint density at radius 3 is 2.88 bits per heavy atom. The molecule has 2 aromatic heterocycles. The Morgan fingerprint density at radius 1 is 1.35 bits per heavy atom. The molecule has 132 valence electrons. The first kappa shape index (κ1) is 17.3. The van der Waals surface area contributed by atoms with Crippen LogP contribution in [-0.4, -0.2) is 32.6 Å². The fraction of sp³-hybridized carbons (Fsp3) is 0.176. The molecule has 0 fully saturated rings. The number of thioether (sulfide) groups is 1. The van der Waals surface area contributed by atoms with Gasteiger partial charge < -0.3 is 4.42 Å². The van der Waals surface area contributed by atoms with Gasteiger partial charge in [0.05, 0.1) is 17.7 Å². The Morgan fingerprint density at radius 2 is 2.19 bits per heavy atom. The van der Waals surface area contributed by atoms with Crippen molar-refractivity contribution in [3.8, 4) is 0 Å². The molecule has 0 spiro atoms. The van der Waals surface area contributed by atoms with Gasteiger partial charge in [0.25, 0.3) is 5.91 Å². The molecule has 9 heteroatoms. The molecular weight excluding hydrogens is 392 g/mol. The number of furan rings is 1. The normalized spacial score (nSPS) is 16.7. The van der Waals surface area contributed by atoms with Crippen LogP contribution in [0.2, 0.25) is 5.02 Å². The highest BCUT2D eigenvalue weighted by atomic mass is 35.5. The van der Waals surface area contributed by atoms with Crippen molar-refractivity contribution in [2.75, 3.05) is 5.75 Å². The van der Waals surface area contributed by atoms with E-state index < -0.39 is 0 Å². The molecule has 0 radical (unpaired) electrons. The van der Waals surface area contributed by atoms with Crippen molar-refractivity contribution >= 4 is 46.3 Å². The number of aromatic nitrogens is 2. The van der Waals surface area contributed by atoms with Crippen LogP contribution in [0.1, 0.15) is 23.8 Å². The highest BCUT2D eigenvalue weighted by Gasteiger charge is 2.34. The fourth-order valence-corrected chi connectivity index (χ4v) is 4.14. The number of hydrogen-bond donors (Lipinski definition) is 0. The molecule has 6 nitrogen and oxygen atoms in total. The number of carbonyl (C=O) groups excluding carboxylic acids is 1. The van der Waals surface area contributed by atoms with Gasteiger partial charge in [0, 0.05) is 11.4 Å². The molecule has 3 aromatic rings. The first-order valence-electron chi connectivity index (χ1n) is 7.78. The smallest absolute Gasteiger partial charge is 0.253 e. The molecule has 0 saturated heterocycles. The van der Waals surface area contributed by atoms with E-state index in [1.807, 2.05) is 36.4 Å². The van der Waals surface area contributed by atoms with E-state index in [1.54, 1.807) is 11.8 Å². The minimum absolute atomic E-state index is 0.101. The van der Waals surface area contributed by atoms with Crippen LogP contribution in [0.5, 0.6) is 0 Å². The van der Waals surface area contributed by atoms with Gasteiger partial charge in [-0.25, -0.2) is 5.01 Å². The highest BCUT2D eigenvalue weighted by molar-refractivity contribution is 8.01. The van der Waals surface area contributed by atoms with Gasteiger partial charge in [-0.05, 0) is 29.8 Å². The highest BCUT2D eigenvalue weighted by Crippen LogP contribution is 2.34. The molecule has 3 heterocycles. The lowest BCUT2D eigenvalue weighted by molar-refractivity contribution is -0.130. The Bertz CT molecular complexity index is 911. The van der Waals surface area contributed by atoms with Crippen molar-refractivity contribution in [3.05, 3.63) is 64.5 Å². The Labute approximate surface area is 162 Å². The molecule has 1 atom stereocenters. The lowest BCUT2D eigenvalue weighted by atomic mass is 10.0. The van der Waals surface area contributed by atoms with E-state index in [4.69, 9.17) is 16.0 Å². The van der Waals surface area contributed by atoms with E-state index in [0.717, 1.165) is 15.6 Å². The van der Waals surface area contributed by atoms with Crippen LogP contribution in [0, 0.1) is 0 Å². The number of nitrogens with zero attached hydrogens (tertiary/aromatic N) is 4. The second-order valence-corrected chi connectivity index (χ2v) is 8.01. The first-order valence-corrected chi connectivity index (χ1v) is 10.0. The van der Waals surface area contributed by atoms with Crippen molar-refractivity contribution in [1.29, 1.82) is 0 Å². The van der Waals surface area contributed by atoms with Crippen molar-refractivity contribution < 1.29 is 9.21 Å². The van der Waals surface area contributed by atoms with E-state index in [9.17, 15) is 4.79 Å². The van der Waals surface area contributed by atoms with Crippen LogP contribution in [0.15, 0.2) is 62.0 Å². The summed E-state index contributed by atoms with van der Waals surface area (Å²) in [5.41, 5.74) is 3.42. The van der Waals surface area contributed by atoms with Gasteiger partial charge in [-0.1, -0.05) is 46.8 Å². The number of halogens is 1. The zero-order chi connectivity index (χ0) is 17.9. The molecule has 4 rings (SSSR count). The van der Waals surface area contributed by atoms with Gasteiger partial charge in [0.2, 0.25) is 0 Å². The zero-order valence-electron chi connectivity index (χ0n) is 13.4. The van der Waals surface area contributed by atoms with E-state index in [2.05, 4.69) is 15.3 Å². The van der Waals surface area contributed by atoms with E-state index in [1.165, 1.54) is 28.1 Å². The lowest BCUT2D eigenvalue weighted by Crippen LogP contribution is -2.28. The third-order valence-corrected chi connectivity index (χ3v) is 5.97. The third kappa shape index (κ3) is 3.67. The van der Waals surface area contributed by atoms with Crippen molar-refractivity contribution in [3.63, 3.8) is 0 Å². The summed E-state index contributed by atoms with van der Waals surface area (Å²) in [5, 5.41) is 14.5. The number of rotatable bonds is 5. The molecule has 0 unspecified atom stereocenters. The summed E-state index contributed by atoms with van der Waals surface area (Å²) in [5.74, 6) is 0.853. The van der Waals surface area contributed by atoms with Gasteiger partial charge in [-0.2, -0.15) is 5.10 Å². The molecule has 0 bridgehead atoms. The number of hydrogen-bond acceptors (Lipinski definition) is 7. The average molecular weight is 405 g/mol. The maximum Gasteiger partial charge on any atom is 0.253 e. The van der Waals surface area contributed by atoms with Gasteiger partial charge in [-0.15, -0.1) is 10.2 Å². The van der Waals surface area contributed by atoms with Gasteiger partial charge >= 0.3 is 0 Å². The third-order valence-electron chi connectivity index (χ3n) is 3.87. The molecule has 1 aliphatic rings. The summed E-state index contributed by atoms with van der Waals surface area (Å²) in [7, 11) is 0. The van der Waals surface area contributed by atoms with Crippen LogP contribution >= 0.6 is 34.7 Å². The maximum absolute atomic E-state index is 12.8. The Kier molecular flexibility index (Phi) is 5.05. The van der Waals surface area contributed by atoms with Crippen LogP contribution in [0.3, 0.4) is 0 Å². The molecule has 0 N–H and O–H groups in total. The van der Waals surface area contributed by atoms with Crippen molar-refractivity contribution in [2.45, 2.75) is 16.8 Å². The summed E-state index contributed by atoms with van der Waals surface area (Å²) >= 11 is 8.73. The Balaban J connectivity index is 1.57. The summed E-state index contributed by atoms with van der Waals surface area (Å²) in [6.45, 7) is 0. The molecule has 0 aliphatic carbocycles. The summed E-state index contributed by atoms with van der Waals surface area (Å²) in [4.78, 5) is 12.8. The average Bonchev–Trinajstić information content (AvgIpc) is 3.41. The summed E-state index contributed by atoms with van der Waals surface area (Å²) < 4.78 is 6.29. The topological polar surface area (TPSA) is 71.6 Å². The molecule has 1 aliphatic heterocycles. The van der Waals surface area contributed by atoms with E-state index in [0.29, 0.717) is 17.2 Å². The Hall–Kier alpha value is -2.16. The first-order chi connectivity index (χ1) is 12.7. The lowest BCUT2D eigenvalue weighted by Gasteiger charge is -2.19. The predicted octanol–water partition coefficient (Wildman–Crippen LogP) is 4.25. The SMILES string of the molecule is O=C(CSc1nncs1)N1N=C(c2ccc(Cl)cc2)C[C@H]1c1ccco1. The van der Waals surface area contributed by atoms with E-state index in [-0.39, 0.29) is 17.7 Å². The van der Waals surface area contributed by atoms with E-state index >= 15 is 0 Å². The van der Waals surface area contributed by atoms with Crippen molar-refractivity contribution in [2.24, 2.45) is 5.10 Å². The van der Waals surface area contributed by atoms with Crippen LogP contribution < -0.4 is 0 Å². The maximum atomic E-state index is 12.8. The number of carbonyl (C=O) groups is 1. The monoisotopic (exact) mass is 404 g/mol. The number of amides is 1. The molecule has 1 amide bonds. The number of benzene rings is 1. The molecular formula is C17H13ClN4O2S2. The van der Waals surface area contributed by atoms with Crippen molar-refractivity contribution in [1.82, 2.24) is 15.2 Å². The number of hydrazone groups is 1. The second kappa shape index (κ2) is 7.61. The summed E-state index contributed by atoms with van der Waals surface area (Å²) in [6.07, 6.45) is 2.19. The quantitative estimate of drug-likeness (QED) is 0.594. The second-order valence-electron chi connectivity index (χ2n) is 5.52. The summed E-state index contributed by atoms with van der Waals surface area (Å²) in [6, 6.07) is 10.9. The predicted molar refractivity (Wildman–Crippen MR) is 102 cm³/mol. The molecule has 26 heavy (non-hydrogen) atoms. The molecule has 1 aromatic carbocycles. The fourth-order valence-electron chi connectivity index (χ4n) is 2.68. The van der Waals surface area contributed by atoms with Gasteiger partial charge in [0.1, 0.15) is 17.3 Å². The van der Waals surface area contributed by atoms with Gasteiger partial charge in [-0.3, -0.25) is 4.79 Å². The zero-order valence-corrected chi connectivity index (χ0v) is 15.8. The van der Waals surface area contributed by atoms with Crippen LogP contribution in [0.4, 0.5) is 0 Å². The minimum Gasteiger partial charge on any atom is -0.467 e. The standard InChI is InChI=1S/C17H13ClN4O2S2/c18-12-5-3-11(4-6-12)13-8-14(15-2-1-7-24-15)22(21-13)16(23)9-25-17-20-19-10-26-17/h1-7,10,14H,8-9H2/t14-/m0/s1. The van der Waals surface area contributed by atoms with Crippen LogP contribution in [-0.2, 0) is 4.79 Å². The minimum atomic E-state index is -0.252.